The van der Waals surface area contributed by atoms with Crippen LogP contribution in [0.15, 0.2) is 41.2 Å². The predicted octanol–water partition coefficient (Wildman–Crippen LogP) is 3.89. The second-order valence-electron chi connectivity index (χ2n) is 4.88. The summed E-state index contributed by atoms with van der Waals surface area (Å²) in [5, 5.41) is 0.365. The van der Waals surface area contributed by atoms with Crippen LogP contribution in [0.4, 0.5) is 0 Å². The number of halogens is 1. The Morgan fingerprint density at radius 3 is 2.33 bits per heavy atom. The summed E-state index contributed by atoms with van der Waals surface area (Å²) in [6, 6.07) is 11.6. The van der Waals surface area contributed by atoms with Crippen LogP contribution in [-0.4, -0.2) is 4.98 Å². The number of hydrogen-bond acceptors (Lipinski definition) is 1. The lowest BCUT2D eigenvalue weighted by Gasteiger charge is -2.06. The number of rotatable bonds is 3. The molecule has 3 heteroatoms. The summed E-state index contributed by atoms with van der Waals surface area (Å²) >= 11 is 5.84. The van der Waals surface area contributed by atoms with Crippen molar-refractivity contribution in [1.82, 2.24) is 4.98 Å². The highest BCUT2D eigenvalue weighted by atomic mass is 35.5. The molecular weight excluding hydrogens is 246 g/mol. The molecule has 0 radical (unpaired) electrons. The van der Waals surface area contributed by atoms with Crippen molar-refractivity contribution >= 4 is 11.6 Å². The standard InChI is InChI=1S/C15H16ClNO/c1-10(2)7-11-3-5-12(6-4-11)13-8-14(16)17-15(18)9-13/h3-6,8-10H,7H2,1-2H3,(H,17,18). The average molecular weight is 262 g/mol. The molecule has 0 amide bonds. The number of H-pyrrole nitrogens is 1. The lowest BCUT2D eigenvalue weighted by molar-refractivity contribution is 0.647. The quantitative estimate of drug-likeness (QED) is 0.836. The van der Waals surface area contributed by atoms with E-state index in [0.29, 0.717) is 11.1 Å². The topological polar surface area (TPSA) is 32.9 Å². The van der Waals surface area contributed by atoms with E-state index < -0.39 is 0 Å². The van der Waals surface area contributed by atoms with Crippen molar-refractivity contribution in [1.29, 1.82) is 0 Å². The predicted molar refractivity (Wildman–Crippen MR) is 76.1 cm³/mol. The van der Waals surface area contributed by atoms with E-state index in [4.69, 9.17) is 11.6 Å². The van der Waals surface area contributed by atoms with E-state index in [9.17, 15) is 4.79 Å². The molecule has 2 aromatic rings. The van der Waals surface area contributed by atoms with Gasteiger partial charge in [-0.05, 0) is 35.1 Å². The highest BCUT2D eigenvalue weighted by Gasteiger charge is 2.02. The second kappa shape index (κ2) is 5.40. The molecular formula is C15H16ClNO. The van der Waals surface area contributed by atoms with Crippen LogP contribution in [-0.2, 0) is 6.42 Å². The third kappa shape index (κ3) is 3.23. The normalized spacial score (nSPS) is 10.9. The molecule has 0 atom stereocenters. The fourth-order valence-electron chi connectivity index (χ4n) is 1.98. The molecule has 1 aromatic carbocycles. The summed E-state index contributed by atoms with van der Waals surface area (Å²) < 4.78 is 0. The van der Waals surface area contributed by atoms with Gasteiger partial charge in [0.15, 0.2) is 0 Å². The van der Waals surface area contributed by atoms with Gasteiger partial charge in [0, 0.05) is 6.07 Å². The van der Waals surface area contributed by atoms with Gasteiger partial charge in [-0.2, -0.15) is 0 Å². The Morgan fingerprint density at radius 2 is 1.78 bits per heavy atom. The number of benzene rings is 1. The molecule has 0 bridgehead atoms. The second-order valence-corrected chi connectivity index (χ2v) is 5.28. The van der Waals surface area contributed by atoms with Crippen molar-refractivity contribution in [3.05, 3.63) is 57.5 Å². The van der Waals surface area contributed by atoms with Crippen molar-refractivity contribution in [3.8, 4) is 11.1 Å². The van der Waals surface area contributed by atoms with Gasteiger partial charge in [-0.1, -0.05) is 49.7 Å². The largest absolute Gasteiger partial charge is 0.313 e. The minimum atomic E-state index is -0.177. The van der Waals surface area contributed by atoms with Gasteiger partial charge in [0.2, 0.25) is 5.56 Å². The third-order valence-corrected chi connectivity index (χ3v) is 2.95. The van der Waals surface area contributed by atoms with E-state index in [-0.39, 0.29) is 5.56 Å². The molecule has 0 aliphatic rings. The van der Waals surface area contributed by atoms with E-state index in [1.54, 1.807) is 12.1 Å². The lowest BCUT2D eigenvalue weighted by Crippen LogP contribution is -2.03. The van der Waals surface area contributed by atoms with E-state index in [0.717, 1.165) is 17.5 Å². The molecule has 0 aliphatic heterocycles. The van der Waals surface area contributed by atoms with E-state index in [2.05, 4.69) is 31.0 Å². The molecule has 0 spiro atoms. The minimum absolute atomic E-state index is 0.177. The molecule has 0 aliphatic carbocycles. The molecule has 1 aromatic heterocycles. The molecule has 2 rings (SSSR count). The summed E-state index contributed by atoms with van der Waals surface area (Å²) in [6.07, 6.45) is 1.07. The van der Waals surface area contributed by atoms with E-state index in [1.807, 2.05) is 12.1 Å². The Balaban J connectivity index is 2.31. The number of nitrogens with one attached hydrogen (secondary N) is 1. The number of aromatic amines is 1. The van der Waals surface area contributed by atoms with Crippen LogP contribution >= 0.6 is 11.6 Å². The molecule has 0 fully saturated rings. The highest BCUT2D eigenvalue weighted by molar-refractivity contribution is 6.29. The van der Waals surface area contributed by atoms with Gasteiger partial charge in [0.25, 0.3) is 0 Å². The Kier molecular flexibility index (Phi) is 3.87. The SMILES string of the molecule is CC(C)Cc1ccc(-c2cc(Cl)[nH]c(=O)c2)cc1. The molecule has 18 heavy (non-hydrogen) atoms. The van der Waals surface area contributed by atoms with Gasteiger partial charge in [-0.25, -0.2) is 0 Å². The van der Waals surface area contributed by atoms with Gasteiger partial charge in [0.1, 0.15) is 5.15 Å². The molecule has 1 N–H and O–H groups in total. The van der Waals surface area contributed by atoms with Crippen LogP contribution in [0, 0.1) is 5.92 Å². The fourth-order valence-corrected chi connectivity index (χ4v) is 2.19. The monoisotopic (exact) mass is 261 g/mol. The third-order valence-electron chi connectivity index (χ3n) is 2.74. The van der Waals surface area contributed by atoms with E-state index >= 15 is 0 Å². The average Bonchev–Trinajstić information content (AvgIpc) is 2.27. The zero-order valence-corrected chi connectivity index (χ0v) is 11.3. The van der Waals surface area contributed by atoms with E-state index in [1.165, 1.54) is 5.56 Å². The zero-order valence-electron chi connectivity index (χ0n) is 10.5. The zero-order chi connectivity index (χ0) is 13.1. The molecule has 1 heterocycles. The van der Waals surface area contributed by atoms with Crippen molar-refractivity contribution in [2.75, 3.05) is 0 Å². The number of aromatic nitrogens is 1. The lowest BCUT2D eigenvalue weighted by atomic mass is 10.00. The van der Waals surface area contributed by atoms with Crippen LogP contribution < -0.4 is 5.56 Å². The number of pyridine rings is 1. The van der Waals surface area contributed by atoms with Gasteiger partial charge in [-0.3, -0.25) is 4.79 Å². The van der Waals surface area contributed by atoms with Crippen LogP contribution in [0.5, 0.6) is 0 Å². The van der Waals surface area contributed by atoms with Crippen LogP contribution in [0.25, 0.3) is 11.1 Å². The summed E-state index contributed by atoms with van der Waals surface area (Å²) in [5.41, 5.74) is 2.99. The Bertz CT molecular complexity index is 584. The molecule has 94 valence electrons. The van der Waals surface area contributed by atoms with Crippen LogP contribution in [0.2, 0.25) is 5.15 Å². The summed E-state index contributed by atoms with van der Waals surface area (Å²) in [7, 11) is 0. The summed E-state index contributed by atoms with van der Waals surface area (Å²) in [6.45, 7) is 4.40. The molecule has 0 unspecified atom stereocenters. The van der Waals surface area contributed by atoms with Gasteiger partial charge in [0.05, 0.1) is 0 Å². The summed E-state index contributed by atoms with van der Waals surface area (Å²) in [5.74, 6) is 0.643. The Hall–Kier alpha value is -1.54. The maximum atomic E-state index is 11.4. The number of hydrogen-bond donors (Lipinski definition) is 1. The van der Waals surface area contributed by atoms with Crippen molar-refractivity contribution in [3.63, 3.8) is 0 Å². The minimum Gasteiger partial charge on any atom is -0.313 e. The first-order chi connectivity index (χ1) is 8.54. The van der Waals surface area contributed by atoms with Crippen molar-refractivity contribution in [2.24, 2.45) is 5.92 Å². The summed E-state index contributed by atoms with van der Waals surface area (Å²) in [4.78, 5) is 13.9. The van der Waals surface area contributed by atoms with Crippen molar-refractivity contribution in [2.45, 2.75) is 20.3 Å². The van der Waals surface area contributed by atoms with Gasteiger partial charge in [-0.15, -0.1) is 0 Å². The Labute approximate surface area is 112 Å². The first-order valence-electron chi connectivity index (χ1n) is 6.04. The van der Waals surface area contributed by atoms with Crippen LogP contribution in [0.3, 0.4) is 0 Å². The first kappa shape index (κ1) is 12.9. The highest BCUT2D eigenvalue weighted by Crippen LogP contribution is 2.21. The maximum Gasteiger partial charge on any atom is 0.249 e. The molecule has 2 nitrogen and oxygen atoms in total. The maximum absolute atomic E-state index is 11.4. The van der Waals surface area contributed by atoms with Gasteiger partial charge < -0.3 is 4.98 Å². The first-order valence-corrected chi connectivity index (χ1v) is 6.41. The molecule has 0 saturated heterocycles. The smallest absolute Gasteiger partial charge is 0.249 e. The fraction of sp³-hybridized carbons (Fsp3) is 0.267. The molecule has 0 saturated carbocycles. The van der Waals surface area contributed by atoms with Crippen molar-refractivity contribution < 1.29 is 0 Å². The van der Waals surface area contributed by atoms with Gasteiger partial charge >= 0.3 is 0 Å². The Morgan fingerprint density at radius 1 is 1.11 bits per heavy atom. The van der Waals surface area contributed by atoms with Crippen LogP contribution in [0.1, 0.15) is 19.4 Å².